The van der Waals surface area contributed by atoms with Crippen LogP contribution in [0.2, 0.25) is 0 Å². The zero-order valence-electron chi connectivity index (χ0n) is 9.88. The normalized spacial score (nSPS) is 16.6. The van der Waals surface area contributed by atoms with Crippen molar-refractivity contribution in [3.8, 4) is 0 Å². The molecule has 2 unspecified atom stereocenters. The van der Waals surface area contributed by atoms with Crippen LogP contribution in [-0.4, -0.2) is 11.7 Å². The highest BCUT2D eigenvalue weighted by atomic mass is 16.3. The molecular formula is C12H26O. The second-order valence-electron chi connectivity index (χ2n) is 5.18. The molecule has 0 aliphatic rings. The first-order chi connectivity index (χ1) is 5.97. The van der Waals surface area contributed by atoms with E-state index in [-0.39, 0.29) is 0 Å². The Morgan fingerprint density at radius 2 is 1.31 bits per heavy atom. The maximum Gasteiger partial charge on any atom is 0.0461 e. The Labute approximate surface area is 83.5 Å². The molecule has 1 nitrogen and oxygen atoms in total. The van der Waals surface area contributed by atoms with Gasteiger partial charge in [0.05, 0.1) is 0 Å². The summed E-state index contributed by atoms with van der Waals surface area (Å²) >= 11 is 0. The van der Waals surface area contributed by atoms with E-state index in [1.807, 2.05) is 0 Å². The molecule has 80 valence electrons. The lowest BCUT2D eigenvalue weighted by atomic mass is 9.82. The van der Waals surface area contributed by atoms with Crippen molar-refractivity contribution < 1.29 is 5.11 Å². The second kappa shape index (κ2) is 6.42. The van der Waals surface area contributed by atoms with Gasteiger partial charge in [0.25, 0.3) is 0 Å². The van der Waals surface area contributed by atoms with Gasteiger partial charge in [-0.2, -0.15) is 0 Å². The van der Waals surface area contributed by atoms with Gasteiger partial charge in [-0.1, -0.05) is 34.6 Å². The predicted molar refractivity (Wildman–Crippen MR) is 58.6 cm³/mol. The lowest BCUT2D eigenvalue weighted by molar-refractivity contribution is 0.149. The van der Waals surface area contributed by atoms with Crippen LogP contribution in [0.1, 0.15) is 47.5 Å². The molecule has 0 aromatic heterocycles. The molecule has 13 heavy (non-hydrogen) atoms. The quantitative estimate of drug-likeness (QED) is 0.674. The van der Waals surface area contributed by atoms with Crippen molar-refractivity contribution in [3.05, 3.63) is 0 Å². The van der Waals surface area contributed by atoms with Gasteiger partial charge >= 0.3 is 0 Å². The van der Waals surface area contributed by atoms with Crippen LogP contribution in [0, 0.1) is 23.7 Å². The Bertz CT molecular complexity index is 118. The molecule has 0 bridgehead atoms. The van der Waals surface area contributed by atoms with Crippen LogP contribution in [0.25, 0.3) is 0 Å². The number of hydrogen-bond acceptors (Lipinski definition) is 1. The largest absolute Gasteiger partial charge is 0.396 e. The van der Waals surface area contributed by atoms with E-state index in [0.29, 0.717) is 24.4 Å². The lowest BCUT2D eigenvalue weighted by Crippen LogP contribution is -2.19. The number of aliphatic hydroxyl groups is 1. The molecule has 0 aromatic rings. The van der Waals surface area contributed by atoms with Gasteiger partial charge in [0, 0.05) is 6.61 Å². The third-order valence-electron chi connectivity index (χ3n) is 2.66. The predicted octanol–water partition coefficient (Wildman–Crippen LogP) is 3.32. The summed E-state index contributed by atoms with van der Waals surface area (Å²) in [5.74, 6) is 2.61. The van der Waals surface area contributed by atoms with Gasteiger partial charge in [0.1, 0.15) is 0 Å². The molecule has 0 fully saturated rings. The Kier molecular flexibility index (Phi) is 6.40. The number of rotatable bonds is 6. The molecule has 0 aromatic carbocycles. The van der Waals surface area contributed by atoms with E-state index in [1.165, 1.54) is 6.42 Å². The van der Waals surface area contributed by atoms with Crippen LogP contribution in [0.15, 0.2) is 0 Å². The average Bonchev–Trinajstić information content (AvgIpc) is 1.98. The van der Waals surface area contributed by atoms with Crippen LogP contribution < -0.4 is 0 Å². The van der Waals surface area contributed by atoms with Crippen LogP contribution in [0.4, 0.5) is 0 Å². The molecule has 1 N–H and O–H groups in total. The molecule has 0 saturated heterocycles. The monoisotopic (exact) mass is 186 g/mol. The third kappa shape index (κ3) is 6.09. The minimum atomic E-state index is 0.353. The van der Waals surface area contributed by atoms with Gasteiger partial charge in [0.2, 0.25) is 0 Å². The second-order valence-corrected chi connectivity index (χ2v) is 5.18. The highest BCUT2D eigenvalue weighted by Crippen LogP contribution is 2.25. The van der Waals surface area contributed by atoms with Crippen molar-refractivity contribution in [2.24, 2.45) is 23.7 Å². The fourth-order valence-electron chi connectivity index (χ4n) is 2.03. The Morgan fingerprint density at radius 1 is 0.846 bits per heavy atom. The van der Waals surface area contributed by atoms with E-state index in [1.54, 1.807) is 0 Å². The summed E-state index contributed by atoms with van der Waals surface area (Å²) in [6, 6.07) is 0. The molecule has 0 rings (SSSR count). The molecule has 0 radical (unpaired) electrons. The van der Waals surface area contributed by atoms with Gasteiger partial charge in [0.15, 0.2) is 0 Å². The topological polar surface area (TPSA) is 20.2 Å². The first-order valence-corrected chi connectivity index (χ1v) is 5.58. The Morgan fingerprint density at radius 3 is 1.62 bits per heavy atom. The molecule has 0 heterocycles. The summed E-state index contributed by atoms with van der Waals surface area (Å²) in [6.07, 6.45) is 2.39. The van der Waals surface area contributed by atoms with Crippen molar-refractivity contribution in [3.63, 3.8) is 0 Å². The molecule has 0 aliphatic carbocycles. The summed E-state index contributed by atoms with van der Waals surface area (Å²) in [6.45, 7) is 11.6. The van der Waals surface area contributed by atoms with Crippen LogP contribution >= 0.6 is 0 Å². The first kappa shape index (κ1) is 13.0. The summed E-state index contributed by atoms with van der Waals surface area (Å²) in [7, 11) is 0. The molecule has 0 amide bonds. The van der Waals surface area contributed by atoms with Crippen molar-refractivity contribution in [2.75, 3.05) is 6.61 Å². The lowest BCUT2D eigenvalue weighted by Gasteiger charge is -2.25. The van der Waals surface area contributed by atoms with Gasteiger partial charge in [-0.15, -0.1) is 0 Å². The summed E-state index contributed by atoms with van der Waals surface area (Å²) < 4.78 is 0. The Balaban J connectivity index is 3.91. The van der Waals surface area contributed by atoms with E-state index < -0.39 is 0 Å². The number of hydrogen-bond donors (Lipinski definition) is 1. The maximum atomic E-state index is 9.26. The van der Waals surface area contributed by atoms with Crippen LogP contribution in [0.3, 0.4) is 0 Å². The maximum absolute atomic E-state index is 9.26. The minimum Gasteiger partial charge on any atom is -0.396 e. The average molecular weight is 186 g/mol. The highest BCUT2D eigenvalue weighted by molar-refractivity contribution is 4.68. The Hall–Kier alpha value is -0.0400. The summed E-state index contributed by atoms with van der Waals surface area (Å²) in [5.41, 5.74) is 0. The smallest absolute Gasteiger partial charge is 0.0461 e. The van der Waals surface area contributed by atoms with E-state index in [9.17, 15) is 5.11 Å². The fraction of sp³-hybridized carbons (Fsp3) is 1.00. The molecular weight excluding hydrogens is 160 g/mol. The highest BCUT2D eigenvalue weighted by Gasteiger charge is 2.18. The summed E-state index contributed by atoms with van der Waals surface area (Å²) in [5, 5.41) is 9.26. The van der Waals surface area contributed by atoms with Crippen LogP contribution in [0.5, 0.6) is 0 Å². The van der Waals surface area contributed by atoms with Crippen molar-refractivity contribution in [2.45, 2.75) is 47.5 Å². The fourth-order valence-corrected chi connectivity index (χ4v) is 2.03. The van der Waals surface area contributed by atoms with Gasteiger partial charge in [-0.25, -0.2) is 0 Å². The van der Waals surface area contributed by atoms with E-state index >= 15 is 0 Å². The summed E-state index contributed by atoms with van der Waals surface area (Å²) in [4.78, 5) is 0. The molecule has 2 atom stereocenters. The van der Waals surface area contributed by atoms with Crippen LogP contribution in [-0.2, 0) is 0 Å². The van der Waals surface area contributed by atoms with Crippen molar-refractivity contribution in [1.29, 1.82) is 0 Å². The minimum absolute atomic E-state index is 0.353. The molecule has 0 aliphatic heterocycles. The van der Waals surface area contributed by atoms with E-state index in [0.717, 1.165) is 12.3 Å². The first-order valence-electron chi connectivity index (χ1n) is 5.58. The van der Waals surface area contributed by atoms with Gasteiger partial charge < -0.3 is 5.11 Å². The SMILES string of the molecule is CC(C)CC(C)C(CO)CC(C)C. The number of aliphatic hydroxyl groups excluding tert-OH is 1. The zero-order chi connectivity index (χ0) is 10.4. The van der Waals surface area contributed by atoms with E-state index in [4.69, 9.17) is 0 Å². The standard InChI is InChI=1S/C12H26O/c1-9(2)6-11(5)12(8-13)7-10(3)4/h9-13H,6-8H2,1-5H3. The molecule has 0 spiro atoms. The third-order valence-corrected chi connectivity index (χ3v) is 2.66. The molecule has 0 saturated carbocycles. The van der Waals surface area contributed by atoms with Gasteiger partial charge in [-0.3, -0.25) is 0 Å². The zero-order valence-corrected chi connectivity index (χ0v) is 9.88. The van der Waals surface area contributed by atoms with Gasteiger partial charge in [-0.05, 0) is 36.5 Å². The van der Waals surface area contributed by atoms with Crippen molar-refractivity contribution in [1.82, 2.24) is 0 Å². The van der Waals surface area contributed by atoms with Crippen molar-refractivity contribution >= 4 is 0 Å². The van der Waals surface area contributed by atoms with E-state index in [2.05, 4.69) is 34.6 Å². The molecule has 1 heteroatoms.